The Labute approximate surface area is 109 Å². The molecule has 18 heavy (non-hydrogen) atoms. The Kier molecular flexibility index (Phi) is 3.89. The van der Waals surface area contributed by atoms with Crippen molar-refractivity contribution in [3.05, 3.63) is 64.7 Å². The molecule has 1 N–H and O–H groups in total. The van der Waals surface area contributed by atoms with Gasteiger partial charge in [-0.15, -0.1) is 0 Å². The molecule has 92 valence electrons. The first-order valence-corrected chi connectivity index (χ1v) is 5.66. The van der Waals surface area contributed by atoms with Crippen LogP contribution in [-0.2, 0) is 6.54 Å². The van der Waals surface area contributed by atoms with Crippen molar-refractivity contribution in [1.29, 1.82) is 0 Å². The molecule has 1 aromatic heterocycles. The van der Waals surface area contributed by atoms with Crippen LogP contribution in [-0.4, -0.2) is 10.9 Å². The van der Waals surface area contributed by atoms with E-state index in [-0.39, 0.29) is 16.5 Å². The fourth-order valence-electron chi connectivity index (χ4n) is 1.47. The fourth-order valence-corrected chi connectivity index (χ4v) is 1.69. The lowest BCUT2D eigenvalue weighted by Crippen LogP contribution is -2.22. The van der Waals surface area contributed by atoms with Crippen LogP contribution in [0.25, 0.3) is 0 Å². The van der Waals surface area contributed by atoms with Crippen molar-refractivity contribution < 1.29 is 9.18 Å². The largest absolute Gasteiger partial charge is 0.348 e. The van der Waals surface area contributed by atoms with E-state index >= 15 is 0 Å². The van der Waals surface area contributed by atoms with Crippen LogP contribution in [0.5, 0.6) is 0 Å². The molecule has 0 saturated carbocycles. The summed E-state index contributed by atoms with van der Waals surface area (Å²) in [7, 11) is 0. The van der Waals surface area contributed by atoms with Gasteiger partial charge in [-0.3, -0.25) is 9.78 Å². The summed E-state index contributed by atoms with van der Waals surface area (Å²) in [4.78, 5) is 15.6. The average Bonchev–Trinajstić information content (AvgIpc) is 2.36. The predicted molar refractivity (Wildman–Crippen MR) is 66.8 cm³/mol. The van der Waals surface area contributed by atoms with Gasteiger partial charge >= 0.3 is 0 Å². The number of carbonyl (C=O) groups excluding carboxylic acids is 1. The predicted octanol–water partition coefficient (Wildman–Crippen LogP) is 2.80. The number of nitrogens with zero attached hydrogens (tertiary/aromatic N) is 1. The third-order valence-corrected chi connectivity index (χ3v) is 2.55. The molecule has 0 atom stereocenters. The first-order valence-electron chi connectivity index (χ1n) is 5.28. The van der Waals surface area contributed by atoms with E-state index in [0.29, 0.717) is 6.54 Å². The Balaban J connectivity index is 2.04. The number of halogens is 2. The average molecular weight is 265 g/mol. The summed E-state index contributed by atoms with van der Waals surface area (Å²) in [5, 5.41) is 2.88. The normalized spacial score (nSPS) is 10.1. The molecular formula is C13H10ClFN2O. The van der Waals surface area contributed by atoms with E-state index in [1.54, 1.807) is 24.5 Å². The third kappa shape index (κ3) is 3.28. The van der Waals surface area contributed by atoms with Crippen molar-refractivity contribution in [2.75, 3.05) is 0 Å². The van der Waals surface area contributed by atoms with E-state index in [2.05, 4.69) is 10.3 Å². The van der Waals surface area contributed by atoms with Crippen molar-refractivity contribution in [2.24, 2.45) is 0 Å². The van der Waals surface area contributed by atoms with Crippen LogP contribution in [0.3, 0.4) is 0 Å². The first kappa shape index (κ1) is 12.5. The van der Waals surface area contributed by atoms with Gasteiger partial charge in [0.05, 0.1) is 0 Å². The Morgan fingerprint density at radius 3 is 2.67 bits per heavy atom. The first-order chi connectivity index (χ1) is 8.65. The van der Waals surface area contributed by atoms with Crippen LogP contribution in [0, 0.1) is 5.82 Å². The van der Waals surface area contributed by atoms with Gasteiger partial charge in [0.15, 0.2) is 0 Å². The van der Waals surface area contributed by atoms with Crippen LogP contribution < -0.4 is 5.32 Å². The van der Waals surface area contributed by atoms with E-state index in [1.807, 2.05) is 0 Å². The van der Waals surface area contributed by atoms with Gasteiger partial charge < -0.3 is 5.32 Å². The van der Waals surface area contributed by atoms with E-state index in [4.69, 9.17) is 11.6 Å². The molecule has 0 aliphatic carbocycles. The molecule has 2 aromatic rings. The second kappa shape index (κ2) is 5.60. The zero-order valence-corrected chi connectivity index (χ0v) is 10.1. The maximum Gasteiger partial charge on any atom is 0.251 e. The highest BCUT2D eigenvalue weighted by atomic mass is 35.5. The molecule has 1 aromatic carbocycles. The zero-order chi connectivity index (χ0) is 13.0. The highest BCUT2D eigenvalue weighted by Crippen LogP contribution is 2.14. The molecule has 0 aliphatic heterocycles. The second-order valence-corrected chi connectivity index (χ2v) is 4.13. The highest BCUT2D eigenvalue weighted by molar-refractivity contribution is 6.31. The zero-order valence-electron chi connectivity index (χ0n) is 9.36. The van der Waals surface area contributed by atoms with Crippen molar-refractivity contribution >= 4 is 17.5 Å². The maximum atomic E-state index is 13.1. The molecule has 0 aliphatic rings. The number of rotatable bonds is 3. The van der Waals surface area contributed by atoms with Crippen LogP contribution in [0.1, 0.15) is 15.9 Å². The molecule has 0 fully saturated rings. The van der Waals surface area contributed by atoms with Gasteiger partial charge in [-0.25, -0.2) is 4.39 Å². The minimum absolute atomic E-state index is 0.198. The number of pyridine rings is 1. The van der Waals surface area contributed by atoms with E-state index < -0.39 is 5.82 Å². The number of aromatic nitrogens is 1. The van der Waals surface area contributed by atoms with Crippen LogP contribution in [0.2, 0.25) is 5.02 Å². The summed E-state index contributed by atoms with van der Waals surface area (Å²) in [5.41, 5.74) is 1.12. The Hall–Kier alpha value is -1.94. The molecule has 0 radical (unpaired) electrons. The number of benzene rings is 1. The summed E-state index contributed by atoms with van der Waals surface area (Å²) >= 11 is 5.68. The van der Waals surface area contributed by atoms with E-state index in [9.17, 15) is 9.18 Å². The Bertz CT molecular complexity index is 540. The molecule has 2 rings (SSSR count). The van der Waals surface area contributed by atoms with Gasteiger partial charge in [0, 0.05) is 29.5 Å². The molecule has 1 amide bonds. The van der Waals surface area contributed by atoms with Crippen LogP contribution in [0.15, 0.2) is 42.7 Å². The van der Waals surface area contributed by atoms with Crippen LogP contribution in [0.4, 0.5) is 4.39 Å². The Morgan fingerprint density at radius 2 is 2.00 bits per heavy atom. The third-order valence-electron chi connectivity index (χ3n) is 2.33. The quantitative estimate of drug-likeness (QED) is 0.926. The number of amides is 1. The molecule has 0 spiro atoms. The monoisotopic (exact) mass is 264 g/mol. The number of nitrogens with one attached hydrogen (secondary N) is 1. The summed E-state index contributed by atoms with van der Waals surface area (Å²) in [6, 6.07) is 7.30. The van der Waals surface area contributed by atoms with Gasteiger partial charge in [-0.05, 0) is 35.9 Å². The summed E-state index contributed by atoms with van der Waals surface area (Å²) in [5.74, 6) is -0.898. The molecule has 5 heteroatoms. The highest BCUT2D eigenvalue weighted by Gasteiger charge is 2.08. The van der Waals surface area contributed by atoms with Crippen molar-refractivity contribution in [3.8, 4) is 0 Å². The van der Waals surface area contributed by atoms with Crippen LogP contribution >= 0.6 is 11.6 Å². The topological polar surface area (TPSA) is 42.0 Å². The van der Waals surface area contributed by atoms with Gasteiger partial charge in [-0.2, -0.15) is 0 Å². The SMILES string of the molecule is O=C(NCc1ccncc1)c1cc(F)cc(Cl)c1. The van der Waals surface area contributed by atoms with Crippen molar-refractivity contribution in [3.63, 3.8) is 0 Å². The van der Waals surface area contributed by atoms with Crippen molar-refractivity contribution in [2.45, 2.75) is 6.54 Å². The summed E-state index contributed by atoms with van der Waals surface area (Å²) in [6.45, 7) is 0.357. The minimum atomic E-state index is -0.531. The summed E-state index contributed by atoms with van der Waals surface area (Å²) in [6.07, 6.45) is 3.28. The molecule has 0 bridgehead atoms. The second-order valence-electron chi connectivity index (χ2n) is 3.70. The Morgan fingerprint density at radius 1 is 1.28 bits per heavy atom. The van der Waals surface area contributed by atoms with Gasteiger partial charge in [0.2, 0.25) is 0 Å². The van der Waals surface area contributed by atoms with Gasteiger partial charge in [-0.1, -0.05) is 11.6 Å². The number of carbonyl (C=O) groups is 1. The van der Waals surface area contributed by atoms with Gasteiger partial charge in [0.25, 0.3) is 5.91 Å². The van der Waals surface area contributed by atoms with Crippen molar-refractivity contribution in [1.82, 2.24) is 10.3 Å². The van der Waals surface area contributed by atoms with E-state index in [1.165, 1.54) is 6.07 Å². The lowest BCUT2D eigenvalue weighted by Gasteiger charge is -2.05. The minimum Gasteiger partial charge on any atom is -0.348 e. The smallest absolute Gasteiger partial charge is 0.251 e. The standard InChI is InChI=1S/C13H10ClFN2O/c14-11-5-10(6-12(15)7-11)13(18)17-8-9-1-3-16-4-2-9/h1-7H,8H2,(H,17,18). The summed E-state index contributed by atoms with van der Waals surface area (Å²) < 4.78 is 13.1. The fraction of sp³-hybridized carbons (Fsp3) is 0.0769. The maximum absolute atomic E-state index is 13.1. The number of hydrogen-bond donors (Lipinski definition) is 1. The number of hydrogen-bond acceptors (Lipinski definition) is 2. The molecule has 0 unspecified atom stereocenters. The van der Waals surface area contributed by atoms with E-state index in [0.717, 1.165) is 17.7 Å². The lowest BCUT2D eigenvalue weighted by atomic mass is 10.2. The molecule has 0 saturated heterocycles. The molecule has 1 heterocycles. The lowest BCUT2D eigenvalue weighted by molar-refractivity contribution is 0.0950. The van der Waals surface area contributed by atoms with Gasteiger partial charge in [0.1, 0.15) is 5.82 Å². The molecular weight excluding hydrogens is 255 g/mol. The molecule has 3 nitrogen and oxygen atoms in total.